The Morgan fingerprint density at radius 2 is 2.04 bits per heavy atom. The molecule has 27 heavy (non-hydrogen) atoms. The number of likely N-dealkylation sites (N-methyl/N-ethyl adjacent to an activating group) is 1. The highest BCUT2D eigenvalue weighted by atomic mass is 35.5. The van der Waals surface area contributed by atoms with Crippen LogP contribution in [-0.4, -0.2) is 44.5 Å². The van der Waals surface area contributed by atoms with Crippen LogP contribution in [0.25, 0.3) is 0 Å². The topological polar surface area (TPSA) is 71.0 Å². The van der Waals surface area contributed by atoms with Crippen molar-refractivity contribution in [2.75, 3.05) is 25.6 Å². The molecule has 6 nitrogen and oxygen atoms in total. The van der Waals surface area contributed by atoms with E-state index in [0.29, 0.717) is 16.3 Å². The molecular weight excluding hydrogens is 373 g/mol. The monoisotopic (exact) mass is 389 g/mol. The summed E-state index contributed by atoms with van der Waals surface area (Å²) in [5, 5.41) is 3.18. The molecule has 1 N–H and O–H groups in total. The molecule has 0 radical (unpaired) electrons. The molecule has 1 amide bonds. The molecule has 0 bridgehead atoms. The quantitative estimate of drug-likeness (QED) is 0.815. The first-order valence-corrected chi connectivity index (χ1v) is 8.50. The van der Waals surface area contributed by atoms with E-state index in [1.807, 2.05) is 0 Å². The number of esters is 1. The number of halogens is 2. The van der Waals surface area contributed by atoms with Gasteiger partial charge in [-0.3, -0.25) is 19.9 Å². The number of fused-ring (bicyclic) bond motifs is 1. The number of rotatable bonds is 4. The molecule has 1 aliphatic rings. The molecule has 3 rings (SSSR count). The largest absolute Gasteiger partial charge is 0.468 e. The average Bonchev–Trinajstić information content (AvgIpc) is 2.76. The smallest absolute Gasteiger partial charge is 0.319 e. The lowest BCUT2D eigenvalue weighted by atomic mass is 10.00. The van der Waals surface area contributed by atoms with Crippen LogP contribution < -0.4 is 10.2 Å². The number of nitrogens with one attached hydrogen (secondary N) is 1. The van der Waals surface area contributed by atoms with E-state index >= 15 is 0 Å². The van der Waals surface area contributed by atoms with Gasteiger partial charge in [0, 0.05) is 23.2 Å². The number of amides is 1. The number of nitrogens with zero attached hydrogens (tertiary/aromatic N) is 2. The molecule has 2 aromatic carbocycles. The van der Waals surface area contributed by atoms with Gasteiger partial charge in [0.2, 0.25) is 0 Å². The fraction of sp³-hybridized carbons (Fsp3) is 0.211. The van der Waals surface area contributed by atoms with Crippen LogP contribution in [0.3, 0.4) is 0 Å². The fourth-order valence-electron chi connectivity index (χ4n) is 2.80. The van der Waals surface area contributed by atoms with Crippen LogP contribution in [-0.2, 0) is 14.3 Å². The number of anilines is 1. The molecule has 0 aliphatic carbocycles. The van der Waals surface area contributed by atoms with Gasteiger partial charge in [0.1, 0.15) is 5.82 Å². The highest BCUT2D eigenvalue weighted by Gasteiger charge is 2.31. The first kappa shape index (κ1) is 19.0. The Kier molecular flexibility index (Phi) is 5.53. The number of carbonyl (C=O) groups is 2. The summed E-state index contributed by atoms with van der Waals surface area (Å²) >= 11 is 6.14. The predicted octanol–water partition coefficient (Wildman–Crippen LogP) is 2.38. The van der Waals surface area contributed by atoms with E-state index in [1.165, 1.54) is 18.1 Å². The molecular formula is C19H17ClFN3O3. The maximum absolute atomic E-state index is 14.5. The molecule has 1 atom stereocenters. The Bertz CT molecular complexity index is 932. The third kappa shape index (κ3) is 3.84. The minimum Gasteiger partial charge on any atom is -0.468 e. The predicted molar refractivity (Wildman–Crippen MR) is 101 cm³/mol. The van der Waals surface area contributed by atoms with Crippen LogP contribution in [0.1, 0.15) is 11.1 Å². The van der Waals surface area contributed by atoms with Gasteiger partial charge in [-0.2, -0.15) is 0 Å². The van der Waals surface area contributed by atoms with E-state index < -0.39 is 23.9 Å². The van der Waals surface area contributed by atoms with Crippen LogP contribution in [0, 0.1) is 5.82 Å². The molecule has 2 aromatic rings. The summed E-state index contributed by atoms with van der Waals surface area (Å²) in [7, 11) is 2.83. The summed E-state index contributed by atoms with van der Waals surface area (Å²) in [6.45, 7) is -0.216. The number of benzodiazepines with no additional fused rings is 1. The van der Waals surface area contributed by atoms with Crippen molar-refractivity contribution >= 4 is 34.9 Å². The molecule has 0 spiro atoms. The molecule has 0 fully saturated rings. The highest BCUT2D eigenvalue weighted by Crippen LogP contribution is 2.30. The zero-order chi connectivity index (χ0) is 19.6. The van der Waals surface area contributed by atoms with Crippen LogP contribution in [0.15, 0.2) is 47.5 Å². The second kappa shape index (κ2) is 7.85. The van der Waals surface area contributed by atoms with E-state index in [-0.39, 0.29) is 17.8 Å². The summed E-state index contributed by atoms with van der Waals surface area (Å²) in [6.07, 6.45) is -1.09. The van der Waals surface area contributed by atoms with Gasteiger partial charge in [-0.05, 0) is 30.3 Å². The maximum Gasteiger partial charge on any atom is 0.319 e. The molecule has 8 heteroatoms. The summed E-state index contributed by atoms with van der Waals surface area (Å²) in [4.78, 5) is 30.1. The van der Waals surface area contributed by atoms with Crippen molar-refractivity contribution in [2.24, 2.45) is 4.99 Å². The van der Waals surface area contributed by atoms with E-state index in [0.717, 1.165) is 0 Å². The van der Waals surface area contributed by atoms with E-state index in [9.17, 15) is 14.0 Å². The number of hydrogen-bond donors (Lipinski definition) is 1. The van der Waals surface area contributed by atoms with E-state index in [1.54, 1.807) is 43.4 Å². The summed E-state index contributed by atoms with van der Waals surface area (Å²) < 4.78 is 19.1. The molecule has 1 aliphatic heterocycles. The van der Waals surface area contributed by atoms with Crippen molar-refractivity contribution < 1.29 is 18.7 Å². The molecule has 0 saturated carbocycles. The van der Waals surface area contributed by atoms with Gasteiger partial charge >= 0.3 is 5.97 Å². The van der Waals surface area contributed by atoms with Crippen LogP contribution >= 0.6 is 11.6 Å². The summed E-state index contributed by atoms with van der Waals surface area (Å²) in [6, 6.07) is 11.1. The van der Waals surface area contributed by atoms with Gasteiger partial charge < -0.3 is 9.64 Å². The van der Waals surface area contributed by atoms with Crippen molar-refractivity contribution in [3.63, 3.8) is 0 Å². The Morgan fingerprint density at radius 3 is 2.74 bits per heavy atom. The van der Waals surface area contributed by atoms with E-state index in [2.05, 4.69) is 15.0 Å². The van der Waals surface area contributed by atoms with Crippen LogP contribution in [0.2, 0.25) is 5.02 Å². The second-order valence-electron chi connectivity index (χ2n) is 5.88. The average molecular weight is 390 g/mol. The van der Waals surface area contributed by atoms with Gasteiger partial charge in [0.05, 0.1) is 25.1 Å². The third-order valence-corrected chi connectivity index (χ3v) is 4.43. The minimum atomic E-state index is -1.09. The lowest BCUT2D eigenvalue weighted by molar-refractivity contribution is -0.139. The molecule has 140 valence electrons. The standard InChI is InChI=1S/C19H17ClFN3O3/c1-24-15-8-7-11(20)9-13(15)17(12-5-3-4-6-14(12)21)23-18(19(24)26)22-10-16(25)27-2/h3-9,18,22H,10H2,1-2H3/t18-/m1/s1. The lowest BCUT2D eigenvalue weighted by Gasteiger charge is -2.20. The maximum atomic E-state index is 14.5. The summed E-state index contributed by atoms with van der Waals surface area (Å²) in [5.41, 5.74) is 1.55. The zero-order valence-corrected chi connectivity index (χ0v) is 15.5. The highest BCUT2D eigenvalue weighted by molar-refractivity contribution is 6.32. The van der Waals surface area contributed by atoms with Crippen LogP contribution in [0.5, 0.6) is 0 Å². The van der Waals surface area contributed by atoms with Gasteiger partial charge in [0.15, 0.2) is 6.17 Å². The third-order valence-electron chi connectivity index (χ3n) is 4.19. The number of hydrogen-bond acceptors (Lipinski definition) is 5. The Labute approximate surface area is 160 Å². The zero-order valence-electron chi connectivity index (χ0n) is 14.7. The van der Waals surface area contributed by atoms with Crippen molar-refractivity contribution in [3.05, 3.63) is 64.4 Å². The molecule has 0 aromatic heterocycles. The molecule has 1 heterocycles. The molecule has 0 unspecified atom stereocenters. The van der Waals surface area contributed by atoms with Crippen molar-refractivity contribution in [2.45, 2.75) is 6.17 Å². The van der Waals surface area contributed by atoms with Gasteiger partial charge in [0.25, 0.3) is 5.91 Å². The Hall–Kier alpha value is -2.77. The number of benzene rings is 2. The normalized spacial score (nSPS) is 16.4. The number of methoxy groups -OCH3 is 1. The van der Waals surface area contributed by atoms with Crippen molar-refractivity contribution in [1.82, 2.24) is 5.32 Å². The second-order valence-corrected chi connectivity index (χ2v) is 6.31. The van der Waals surface area contributed by atoms with Crippen LogP contribution in [0.4, 0.5) is 10.1 Å². The SMILES string of the molecule is COC(=O)CN[C@@H]1N=C(c2ccccc2F)c2cc(Cl)ccc2N(C)C1=O. The van der Waals surface area contributed by atoms with Gasteiger partial charge in [-0.1, -0.05) is 23.7 Å². The van der Waals surface area contributed by atoms with E-state index in [4.69, 9.17) is 11.6 Å². The first-order valence-electron chi connectivity index (χ1n) is 8.12. The van der Waals surface area contributed by atoms with Gasteiger partial charge in [-0.25, -0.2) is 4.39 Å². The van der Waals surface area contributed by atoms with Crippen molar-refractivity contribution in [1.29, 1.82) is 0 Å². The number of carbonyl (C=O) groups excluding carboxylic acids is 2. The fourth-order valence-corrected chi connectivity index (χ4v) is 2.97. The Morgan fingerprint density at radius 1 is 1.30 bits per heavy atom. The van der Waals surface area contributed by atoms with Crippen molar-refractivity contribution in [3.8, 4) is 0 Å². The number of ether oxygens (including phenoxy) is 1. The molecule has 0 saturated heterocycles. The Balaban J connectivity index is 2.16. The first-order chi connectivity index (χ1) is 12.9. The summed E-state index contributed by atoms with van der Waals surface area (Å²) in [5.74, 6) is -1.42. The van der Waals surface area contributed by atoms with Gasteiger partial charge in [-0.15, -0.1) is 0 Å². The number of aliphatic imine (C=N–C) groups is 1. The lowest BCUT2D eigenvalue weighted by Crippen LogP contribution is -2.45. The minimum absolute atomic E-state index is 0.216.